The number of aromatic amines is 1. The SMILES string of the molecule is c1ccc(Cc2nnc(C3CCNCC3)[nH]2)cc1. The van der Waals surface area contributed by atoms with Crippen molar-refractivity contribution in [2.24, 2.45) is 0 Å². The molecule has 18 heavy (non-hydrogen) atoms. The molecular weight excluding hydrogens is 224 g/mol. The summed E-state index contributed by atoms with van der Waals surface area (Å²) in [6, 6.07) is 10.4. The number of hydrogen-bond donors (Lipinski definition) is 2. The third-order valence-corrected chi connectivity index (χ3v) is 3.49. The second-order valence-corrected chi connectivity index (χ2v) is 4.84. The molecule has 1 aliphatic rings. The van der Waals surface area contributed by atoms with Crippen molar-refractivity contribution >= 4 is 0 Å². The van der Waals surface area contributed by atoms with Crippen molar-refractivity contribution in [3.05, 3.63) is 47.5 Å². The predicted molar refractivity (Wildman–Crippen MR) is 70.5 cm³/mol. The molecule has 2 aromatic rings. The lowest BCUT2D eigenvalue weighted by atomic mass is 9.98. The number of aromatic nitrogens is 3. The topological polar surface area (TPSA) is 53.6 Å². The van der Waals surface area contributed by atoms with E-state index in [1.807, 2.05) is 6.07 Å². The maximum atomic E-state index is 4.30. The van der Waals surface area contributed by atoms with Crippen molar-refractivity contribution in [2.75, 3.05) is 13.1 Å². The summed E-state index contributed by atoms with van der Waals surface area (Å²) >= 11 is 0. The van der Waals surface area contributed by atoms with E-state index in [-0.39, 0.29) is 0 Å². The van der Waals surface area contributed by atoms with Crippen LogP contribution in [0.3, 0.4) is 0 Å². The van der Waals surface area contributed by atoms with E-state index in [4.69, 9.17) is 0 Å². The monoisotopic (exact) mass is 242 g/mol. The van der Waals surface area contributed by atoms with Crippen LogP contribution in [0.15, 0.2) is 30.3 Å². The first kappa shape index (κ1) is 11.4. The van der Waals surface area contributed by atoms with E-state index in [2.05, 4.69) is 44.8 Å². The van der Waals surface area contributed by atoms with Gasteiger partial charge in [-0.1, -0.05) is 30.3 Å². The molecule has 1 aliphatic heterocycles. The fraction of sp³-hybridized carbons (Fsp3) is 0.429. The number of piperidine rings is 1. The van der Waals surface area contributed by atoms with Crippen molar-refractivity contribution in [1.82, 2.24) is 20.5 Å². The first-order chi connectivity index (χ1) is 8.92. The van der Waals surface area contributed by atoms with E-state index >= 15 is 0 Å². The van der Waals surface area contributed by atoms with Crippen molar-refractivity contribution in [3.63, 3.8) is 0 Å². The van der Waals surface area contributed by atoms with Crippen LogP contribution in [0.1, 0.15) is 36.0 Å². The van der Waals surface area contributed by atoms with Crippen molar-refractivity contribution < 1.29 is 0 Å². The summed E-state index contributed by atoms with van der Waals surface area (Å²) in [6.07, 6.45) is 3.14. The van der Waals surface area contributed by atoms with Crippen LogP contribution >= 0.6 is 0 Å². The summed E-state index contributed by atoms with van der Waals surface area (Å²) in [7, 11) is 0. The molecular formula is C14H18N4. The van der Waals surface area contributed by atoms with Gasteiger partial charge in [-0.05, 0) is 31.5 Å². The lowest BCUT2D eigenvalue weighted by Gasteiger charge is -2.19. The fourth-order valence-electron chi connectivity index (χ4n) is 2.46. The first-order valence-corrected chi connectivity index (χ1v) is 6.58. The molecule has 0 amide bonds. The highest BCUT2D eigenvalue weighted by atomic mass is 15.2. The standard InChI is InChI=1S/C14H18N4/c1-2-4-11(5-3-1)10-13-16-14(18-17-13)12-6-8-15-9-7-12/h1-5,12,15H,6-10H2,(H,16,17,18). The van der Waals surface area contributed by atoms with Gasteiger partial charge in [-0.25, -0.2) is 0 Å². The Morgan fingerprint density at radius 1 is 1.06 bits per heavy atom. The average Bonchev–Trinajstić information content (AvgIpc) is 2.89. The summed E-state index contributed by atoms with van der Waals surface area (Å²) in [6.45, 7) is 2.17. The first-order valence-electron chi connectivity index (χ1n) is 6.58. The molecule has 3 rings (SSSR count). The lowest BCUT2D eigenvalue weighted by Crippen LogP contribution is -2.27. The van der Waals surface area contributed by atoms with Gasteiger partial charge in [-0.2, -0.15) is 0 Å². The molecule has 0 atom stereocenters. The van der Waals surface area contributed by atoms with Crippen LogP contribution in [0, 0.1) is 0 Å². The zero-order valence-electron chi connectivity index (χ0n) is 10.4. The molecule has 0 bridgehead atoms. The van der Waals surface area contributed by atoms with Crippen LogP contribution in [0.25, 0.3) is 0 Å². The normalized spacial score (nSPS) is 16.9. The van der Waals surface area contributed by atoms with Gasteiger partial charge in [0.15, 0.2) is 0 Å². The second-order valence-electron chi connectivity index (χ2n) is 4.84. The number of H-pyrrole nitrogens is 1. The molecule has 0 spiro atoms. The summed E-state index contributed by atoms with van der Waals surface area (Å²) in [5.74, 6) is 2.57. The van der Waals surface area contributed by atoms with Gasteiger partial charge >= 0.3 is 0 Å². The molecule has 0 radical (unpaired) electrons. The Bertz CT molecular complexity index is 486. The van der Waals surface area contributed by atoms with Crippen molar-refractivity contribution in [2.45, 2.75) is 25.2 Å². The molecule has 1 fully saturated rings. The molecule has 4 nitrogen and oxygen atoms in total. The van der Waals surface area contributed by atoms with Crippen molar-refractivity contribution in [1.29, 1.82) is 0 Å². The molecule has 4 heteroatoms. The highest BCUT2D eigenvalue weighted by molar-refractivity contribution is 5.18. The number of rotatable bonds is 3. The highest BCUT2D eigenvalue weighted by Gasteiger charge is 2.18. The molecule has 0 saturated carbocycles. The van der Waals surface area contributed by atoms with Gasteiger partial charge in [0.25, 0.3) is 0 Å². The lowest BCUT2D eigenvalue weighted by molar-refractivity contribution is 0.446. The largest absolute Gasteiger partial charge is 0.328 e. The maximum Gasteiger partial charge on any atom is 0.134 e. The molecule has 0 aliphatic carbocycles. The minimum atomic E-state index is 0.545. The number of nitrogens with zero attached hydrogens (tertiary/aromatic N) is 2. The zero-order valence-corrected chi connectivity index (χ0v) is 10.4. The maximum absolute atomic E-state index is 4.30. The molecule has 1 saturated heterocycles. The summed E-state index contributed by atoms with van der Waals surface area (Å²) in [4.78, 5) is 3.38. The summed E-state index contributed by atoms with van der Waals surface area (Å²) in [5, 5.41) is 11.9. The van der Waals surface area contributed by atoms with Crippen LogP contribution < -0.4 is 5.32 Å². The Hall–Kier alpha value is -1.68. The van der Waals surface area contributed by atoms with Gasteiger partial charge in [-0.15, -0.1) is 10.2 Å². The number of benzene rings is 1. The minimum Gasteiger partial charge on any atom is -0.328 e. The highest BCUT2D eigenvalue weighted by Crippen LogP contribution is 2.21. The molecule has 1 aromatic carbocycles. The van der Waals surface area contributed by atoms with Gasteiger partial charge < -0.3 is 10.3 Å². The van der Waals surface area contributed by atoms with Gasteiger partial charge in [0, 0.05) is 12.3 Å². The quantitative estimate of drug-likeness (QED) is 0.864. The Morgan fingerprint density at radius 3 is 2.61 bits per heavy atom. The number of hydrogen-bond acceptors (Lipinski definition) is 3. The van der Waals surface area contributed by atoms with E-state index in [9.17, 15) is 0 Å². The van der Waals surface area contributed by atoms with E-state index in [0.717, 1.165) is 44.0 Å². The van der Waals surface area contributed by atoms with Crippen LogP contribution in [0.5, 0.6) is 0 Å². The van der Waals surface area contributed by atoms with E-state index in [1.54, 1.807) is 0 Å². The Labute approximate surface area is 107 Å². The third-order valence-electron chi connectivity index (χ3n) is 3.49. The van der Waals surface area contributed by atoms with E-state index < -0.39 is 0 Å². The zero-order chi connectivity index (χ0) is 12.2. The Kier molecular flexibility index (Phi) is 3.37. The summed E-state index contributed by atoms with van der Waals surface area (Å²) < 4.78 is 0. The Balaban J connectivity index is 1.69. The van der Waals surface area contributed by atoms with Gasteiger partial charge in [0.2, 0.25) is 0 Å². The predicted octanol–water partition coefficient (Wildman–Crippen LogP) is 1.86. The van der Waals surface area contributed by atoms with Crippen LogP contribution in [-0.4, -0.2) is 28.3 Å². The smallest absolute Gasteiger partial charge is 0.134 e. The molecule has 94 valence electrons. The molecule has 0 unspecified atom stereocenters. The Morgan fingerprint density at radius 2 is 1.83 bits per heavy atom. The molecule has 2 N–H and O–H groups in total. The fourth-order valence-corrected chi connectivity index (χ4v) is 2.46. The second kappa shape index (κ2) is 5.31. The summed E-state index contributed by atoms with van der Waals surface area (Å²) in [5.41, 5.74) is 1.27. The van der Waals surface area contributed by atoms with Crippen LogP contribution in [0.2, 0.25) is 0 Å². The van der Waals surface area contributed by atoms with E-state index in [0.29, 0.717) is 5.92 Å². The van der Waals surface area contributed by atoms with Crippen LogP contribution in [0.4, 0.5) is 0 Å². The third kappa shape index (κ3) is 2.59. The van der Waals surface area contributed by atoms with E-state index in [1.165, 1.54) is 5.56 Å². The van der Waals surface area contributed by atoms with Crippen molar-refractivity contribution in [3.8, 4) is 0 Å². The minimum absolute atomic E-state index is 0.545. The number of nitrogens with one attached hydrogen (secondary N) is 2. The van der Waals surface area contributed by atoms with Gasteiger partial charge in [0.05, 0.1) is 0 Å². The van der Waals surface area contributed by atoms with Gasteiger partial charge in [0.1, 0.15) is 11.6 Å². The van der Waals surface area contributed by atoms with Gasteiger partial charge in [-0.3, -0.25) is 0 Å². The van der Waals surface area contributed by atoms with Crippen LogP contribution in [-0.2, 0) is 6.42 Å². The molecule has 2 heterocycles. The molecule has 1 aromatic heterocycles. The average molecular weight is 242 g/mol.